The first kappa shape index (κ1) is 16.5. The first-order chi connectivity index (χ1) is 11.7. The van der Waals surface area contributed by atoms with Crippen molar-refractivity contribution in [3.05, 3.63) is 52.4 Å². The zero-order valence-electron chi connectivity index (χ0n) is 13.8. The van der Waals surface area contributed by atoms with Crippen LogP contribution in [0, 0.1) is 6.92 Å². The van der Waals surface area contributed by atoms with Crippen LogP contribution in [-0.4, -0.2) is 33.5 Å². The number of methoxy groups -OCH3 is 1. The molecule has 1 heterocycles. The first-order valence-electron chi connectivity index (χ1n) is 7.86. The van der Waals surface area contributed by atoms with Gasteiger partial charge >= 0.3 is 5.63 Å². The van der Waals surface area contributed by atoms with Crippen LogP contribution >= 0.6 is 0 Å². The van der Waals surface area contributed by atoms with E-state index in [-0.39, 0.29) is 5.63 Å². The van der Waals surface area contributed by atoms with Crippen LogP contribution in [-0.2, 0) is 9.47 Å². The molecule has 0 N–H and O–H groups in total. The van der Waals surface area contributed by atoms with E-state index in [1.807, 2.05) is 37.3 Å². The zero-order chi connectivity index (χ0) is 16.9. The Bertz CT molecular complexity index is 897. The Morgan fingerprint density at radius 1 is 0.917 bits per heavy atom. The van der Waals surface area contributed by atoms with Gasteiger partial charge in [-0.1, -0.05) is 12.1 Å². The van der Waals surface area contributed by atoms with Gasteiger partial charge in [0.1, 0.15) is 17.9 Å². The molecule has 24 heavy (non-hydrogen) atoms. The van der Waals surface area contributed by atoms with E-state index in [1.165, 1.54) is 0 Å². The lowest BCUT2D eigenvalue weighted by Gasteiger charge is -2.09. The van der Waals surface area contributed by atoms with E-state index in [4.69, 9.17) is 18.6 Å². The van der Waals surface area contributed by atoms with E-state index in [0.29, 0.717) is 43.1 Å². The number of hydrogen-bond acceptors (Lipinski definition) is 5. The van der Waals surface area contributed by atoms with Crippen molar-refractivity contribution in [2.24, 2.45) is 0 Å². The van der Waals surface area contributed by atoms with Gasteiger partial charge in [0, 0.05) is 17.9 Å². The predicted octanol–water partition coefficient (Wildman–Crippen LogP) is 3.30. The molecule has 5 heteroatoms. The molecule has 0 bridgehead atoms. The Morgan fingerprint density at radius 3 is 2.54 bits per heavy atom. The van der Waals surface area contributed by atoms with Crippen LogP contribution in [0.2, 0.25) is 0 Å². The second-order valence-electron chi connectivity index (χ2n) is 5.55. The molecule has 0 spiro atoms. The Morgan fingerprint density at radius 2 is 1.71 bits per heavy atom. The average Bonchev–Trinajstić information content (AvgIpc) is 2.58. The molecule has 0 radical (unpaired) electrons. The topological polar surface area (TPSA) is 57.9 Å². The van der Waals surface area contributed by atoms with Crippen LogP contribution in [0.25, 0.3) is 21.7 Å². The number of aryl methyl sites for hydroxylation is 1. The highest BCUT2D eigenvalue weighted by Gasteiger charge is 2.09. The van der Waals surface area contributed by atoms with Gasteiger partial charge in [-0.15, -0.1) is 0 Å². The van der Waals surface area contributed by atoms with Crippen molar-refractivity contribution < 1.29 is 18.6 Å². The normalized spacial score (nSPS) is 11.2. The standard InChI is InChI=1S/C19H20O5/c1-13-3-5-16-15-6-4-14(23-10-9-22-8-7-21-2)12-17(15)19(20)24-18(16)11-13/h3-6,11-12H,7-10H2,1-2H3. The molecule has 0 aliphatic carbocycles. The molecule has 2 aromatic carbocycles. The highest BCUT2D eigenvalue weighted by Crippen LogP contribution is 2.26. The summed E-state index contributed by atoms with van der Waals surface area (Å²) in [5.41, 5.74) is 1.30. The summed E-state index contributed by atoms with van der Waals surface area (Å²) in [6.07, 6.45) is 0. The number of hydrogen-bond donors (Lipinski definition) is 0. The molecule has 0 saturated carbocycles. The zero-order valence-corrected chi connectivity index (χ0v) is 13.8. The van der Waals surface area contributed by atoms with Gasteiger partial charge in [-0.05, 0) is 36.8 Å². The molecule has 5 nitrogen and oxygen atoms in total. The maximum atomic E-state index is 12.2. The Balaban J connectivity index is 1.81. The summed E-state index contributed by atoms with van der Waals surface area (Å²) < 4.78 is 21.3. The van der Waals surface area contributed by atoms with E-state index in [9.17, 15) is 4.79 Å². The molecule has 0 aliphatic heterocycles. The van der Waals surface area contributed by atoms with Crippen LogP contribution in [0.3, 0.4) is 0 Å². The predicted molar refractivity (Wildman–Crippen MR) is 92.9 cm³/mol. The molecule has 0 amide bonds. The molecule has 0 saturated heterocycles. The fourth-order valence-electron chi connectivity index (χ4n) is 2.57. The lowest BCUT2D eigenvalue weighted by atomic mass is 10.1. The van der Waals surface area contributed by atoms with Crippen molar-refractivity contribution in [1.82, 2.24) is 0 Å². The summed E-state index contributed by atoms with van der Waals surface area (Å²) in [5, 5.41) is 2.30. The molecule has 1 aromatic heterocycles. The molecule has 3 aromatic rings. The third-order valence-electron chi connectivity index (χ3n) is 3.77. The lowest BCUT2D eigenvalue weighted by molar-refractivity contribution is 0.0544. The summed E-state index contributed by atoms with van der Waals surface area (Å²) in [6, 6.07) is 11.3. The van der Waals surface area contributed by atoms with Crippen molar-refractivity contribution in [2.75, 3.05) is 33.5 Å². The molecule has 0 unspecified atom stereocenters. The van der Waals surface area contributed by atoms with E-state index in [1.54, 1.807) is 13.2 Å². The van der Waals surface area contributed by atoms with E-state index in [2.05, 4.69) is 0 Å². The molecular weight excluding hydrogens is 308 g/mol. The van der Waals surface area contributed by atoms with Gasteiger partial charge in [-0.25, -0.2) is 4.79 Å². The van der Waals surface area contributed by atoms with Crippen molar-refractivity contribution >= 4 is 21.7 Å². The smallest absolute Gasteiger partial charge is 0.344 e. The third kappa shape index (κ3) is 3.58. The summed E-state index contributed by atoms with van der Waals surface area (Å²) >= 11 is 0. The minimum Gasteiger partial charge on any atom is -0.491 e. The third-order valence-corrected chi connectivity index (χ3v) is 3.77. The monoisotopic (exact) mass is 328 g/mol. The van der Waals surface area contributed by atoms with Gasteiger partial charge in [0.15, 0.2) is 0 Å². The Labute approximate surface area is 139 Å². The summed E-state index contributed by atoms with van der Waals surface area (Å²) in [7, 11) is 1.63. The van der Waals surface area contributed by atoms with E-state index in [0.717, 1.165) is 16.3 Å². The van der Waals surface area contributed by atoms with Crippen molar-refractivity contribution in [2.45, 2.75) is 6.92 Å². The molecule has 3 rings (SSSR count). The van der Waals surface area contributed by atoms with Crippen LogP contribution in [0.15, 0.2) is 45.6 Å². The highest BCUT2D eigenvalue weighted by atomic mass is 16.5. The number of fused-ring (bicyclic) bond motifs is 3. The Hall–Kier alpha value is -2.37. The minimum absolute atomic E-state index is 0.357. The second kappa shape index (κ2) is 7.47. The van der Waals surface area contributed by atoms with Gasteiger partial charge in [0.05, 0.1) is 25.2 Å². The van der Waals surface area contributed by atoms with Crippen LogP contribution in [0.1, 0.15) is 5.56 Å². The number of benzene rings is 2. The van der Waals surface area contributed by atoms with Crippen molar-refractivity contribution in [3.8, 4) is 5.75 Å². The fraction of sp³-hybridized carbons (Fsp3) is 0.316. The fourth-order valence-corrected chi connectivity index (χ4v) is 2.57. The Kier molecular flexibility index (Phi) is 5.13. The minimum atomic E-state index is -0.357. The molecular formula is C19H20O5. The lowest BCUT2D eigenvalue weighted by Crippen LogP contribution is -2.10. The van der Waals surface area contributed by atoms with E-state index < -0.39 is 0 Å². The first-order valence-corrected chi connectivity index (χ1v) is 7.86. The maximum Gasteiger partial charge on any atom is 0.344 e. The van der Waals surface area contributed by atoms with Gasteiger partial charge in [-0.2, -0.15) is 0 Å². The van der Waals surface area contributed by atoms with Crippen LogP contribution in [0.5, 0.6) is 5.75 Å². The average molecular weight is 328 g/mol. The van der Waals surface area contributed by atoms with Gasteiger partial charge in [-0.3, -0.25) is 0 Å². The van der Waals surface area contributed by atoms with Crippen molar-refractivity contribution in [1.29, 1.82) is 0 Å². The molecule has 0 atom stereocenters. The summed E-state index contributed by atoms with van der Waals surface area (Å²) in [6.45, 7) is 3.94. The largest absolute Gasteiger partial charge is 0.491 e. The van der Waals surface area contributed by atoms with E-state index >= 15 is 0 Å². The molecule has 0 aliphatic rings. The quantitative estimate of drug-likeness (QED) is 0.378. The summed E-state index contributed by atoms with van der Waals surface area (Å²) in [5.74, 6) is 0.622. The van der Waals surface area contributed by atoms with Crippen LogP contribution < -0.4 is 10.4 Å². The SMILES string of the molecule is COCCOCCOc1ccc2c(c1)c(=O)oc1cc(C)ccc12. The number of ether oxygens (including phenoxy) is 3. The van der Waals surface area contributed by atoms with Crippen LogP contribution in [0.4, 0.5) is 0 Å². The van der Waals surface area contributed by atoms with Gasteiger partial charge in [0.25, 0.3) is 0 Å². The number of rotatable bonds is 7. The maximum absolute atomic E-state index is 12.2. The van der Waals surface area contributed by atoms with Gasteiger partial charge in [0.2, 0.25) is 0 Å². The molecule has 0 fully saturated rings. The molecule has 126 valence electrons. The highest BCUT2D eigenvalue weighted by molar-refractivity contribution is 6.04. The van der Waals surface area contributed by atoms with Gasteiger partial charge < -0.3 is 18.6 Å². The van der Waals surface area contributed by atoms with Crippen molar-refractivity contribution in [3.63, 3.8) is 0 Å². The summed E-state index contributed by atoms with van der Waals surface area (Å²) in [4.78, 5) is 12.2. The second-order valence-corrected chi connectivity index (χ2v) is 5.55.